The van der Waals surface area contributed by atoms with Gasteiger partial charge in [-0.2, -0.15) is 5.01 Å². The SMILES string of the molecule is COc1cccc(/C=C2\SC(=S)N(NC(=O)c3ccc(C)cc3Cl)C2=O)c1OC. The van der Waals surface area contributed by atoms with E-state index < -0.39 is 11.8 Å². The molecular formula is C20H17ClN2O4S2. The standard InChI is InChI=1S/C20H17ClN2O4S2/c1-11-7-8-13(14(21)9-11)18(24)22-23-19(25)16(29-20(23)28)10-12-5-4-6-15(26-2)17(12)27-3/h4-10H,1-3H3,(H,22,24)/b16-10-. The van der Waals surface area contributed by atoms with Crippen LogP contribution in [0.2, 0.25) is 5.02 Å². The molecule has 0 spiro atoms. The number of ether oxygens (including phenoxy) is 2. The van der Waals surface area contributed by atoms with Crippen LogP contribution in [0.1, 0.15) is 21.5 Å². The van der Waals surface area contributed by atoms with Gasteiger partial charge in [0.25, 0.3) is 11.8 Å². The van der Waals surface area contributed by atoms with Gasteiger partial charge in [-0.05, 0) is 49.0 Å². The van der Waals surface area contributed by atoms with E-state index in [0.717, 1.165) is 22.3 Å². The summed E-state index contributed by atoms with van der Waals surface area (Å²) in [6.45, 7) is 1.87. The summed E-state index contributed by atoms with van der Waals surface area (Å²) in [5.41, 5.74) is 4.35. The number of carbonyl (C=O) groups excluding carboxylic acids is 2. The van der Waals surface area contributed by atoms with E-state index in [2.05, 4.69) is 5.43 Å². The maximum absolute atomic E-state index is 12.8. The number of benzene rings is 2. The molecule has 1 aliphatic rings. The molecule has 6 nitrogen and oxygen atoms in total. The molecule has 0 bridgehead atoms. The Hall–Kier alpha value is -2.55. The molecule has 29 heavy (non-hydrogen) atoms. The Bertz CT molecular complexity index is 1040. The van der Waals surface area contributed by atoms with Crippen molar-refractivity contribution in [1.82, 2.24) is 10.4 Å². The molecule has 2 amide bonds. The van der Waals surface area contributed by atoms with E-state index in [0.29, 0.717) is 27.0 Å². The Balaban J connectivity index is 1.85. The van der Waals surface area contributed by atoms with Gasteiger partial charge in [-0.3, -0.25) is 15.0 Å². The lowest BCUT2D eigenvalue weighted by atomic mass is 10.1. The molecular weight excluding hydrogens is 432 g/mol. The second kappa shape index (κ2) is 8.86. The molecule has 150 valence electrons. The number of nitrogens with zero attached hydrogens (tertiary/aromatic N) is 1. The number of halogens is 1. The van der Waals surface area contributed by atoms with Crippen molar-refractivity contribution in [3.8, 4) is 11.5 Å². The van der Waals surface area contributed by atoms with Crippen molar-refractivity contribution < 1.29 is 19.1 Å². The van der Waals surface area contributed by atoms with Crippen LogP contribution in [0.25, 0.3) is 6.08 Å². The van der Waals surface area contributed by atoms with Gasteiger partial charge in [0.2, 0.25) is 0 Å². The van der Waals surface area contributed by atoms with Crippen molar-refractivity contribution >= 4 is 57.8 Å². The normalized spacial score (nSPS) is 15.0. The number of thiocarbonyl (C=S) groups is 1. The zero-order valence-corrected chi connectivity index (χ0v) is 18.2. The Labute approximate surface area is 182 Å². The molecule has 0 aromatic heterocycles. The van der Waals surface area contributed by atoms with Crippen LogP contribution in [-0.2, 0) is 4.79 Å². The van der Waals surface area contributed by atoms with Crippen molar-refractivity contribution in [2.24, 2.45) is 0 Å². The second-order valence-corrected chi connectivity index (χ2v) is 8.11. The Morgan fingerprint density at radius 2 is 2.00 bits per heavy atom. The fraction of sp³-hybridized carbons (Fsp3) is 0.150. The highest BCUT2D eigenvalue weighted by Crippen LogP contribution is 2.36. The molecule has 0 atom stereocenters. The first-order valence-electron chi connectivity index (χ1n) is 8.41. The number of hydrazine groups is 1. The quantitative estimate of drug-likeness (QED) is 0.546. The van der Waals surface area contributed by atoms with Crippen LogP contribution in [0.4, 0.5) is 0 Å². The summed E-state index contributed by atoms with van der Waals surface area (Å²) in [4.78, 5) is 25.7. The van der Waals surface area contributed by atoms with Crippen LogP contribution in [-0.4, -0.2) is 35.4 Å². The highest BCUT2D eigenvalue weighted by Gasteiger charge is 2.34. The fourth-order valence-electron chi connectivity index (χ4n) is 2.70. The molecule has 0 saturated carbocycles. The van der Waals surface area contributed by atoms with Crippen molar-refractivity contribution in [2.45, 2.75) is 6.92 Å². The number of nitrogens with one attached hydrogen (secondary N) is 1. The largest absolute Gasteiger partial charge is 0.493 e. The summed E-state index contributed by atoms with van der Waals surface area (Å²) in [7, 11) is 3.05. The zero-order chi connectivity index (χ0) is 21.1. The first-order valence-corrected chi connectivity index (χ1v) is 10.0. The van der Waals surface area contributed by atoms with Gasteiger partial charge in [-0.15, -0.1) is 0 Å². The van der Waals surface area contributed by atoms with Gasteiger partial charge < -0.3 is 9.47 Å². The van der Waals surface area contributed by atoms with Crippen LogP contribution < -0.4 is 14.9 Å². The predicted molar refractivity (Wildman–Crippen MR) is 118 cm³/mol. The maximum Gasteiger partial charge on any atom is 0.285 e. The molecule has 1 fully saturated rings. The fourth-order valence-corrected chi connectivity index (χ4v) is 4.19. The van der Waals surface area contributed by atoms with Gasteiger partial charge in [0.15, 0.2) is 15.8 Å². The lowest BCUT2D eigenvalue weighted by molar-refractivity contribution is -0.123. The number of para-hydroxylation sites is 1. The van der Waals surface area contributed by atoms with E-state index in [9.17, 15) is 9.59 Å². The summed E-state index contributed by atoms with van der Waals surface area (Å²) >= 11 is 12.5. The number of carbonyl (C=O) groups is 2. The number of rotatable bonds is 5. The van der Waals surface area contributed by atoms with Gasteiger partial charge >= 0.3 is 0 Å². The molecule has 1 saturated heterocycles. The van der Waals surface area contributed by atoms with Gasteiger partial charge in [-0.25, -0.2) is 0 Å². The Morgan fingerprint density at radius 1 is 1.24 bits per heavy atom. The molecule has 3 rings (SSSR count). The Morgan fingerprint density at radius 3 is 2.66 bits per heavy atom. The zero-order valence-electron chi connectivity index (χ0n) is 15.8. The molecule has 0 aliphatic carbocycles. The maximum atomic E-state index is 12.8. The first-order chi connectivity index (χ1) is 13.8. The van der Waals surface area contributed by atoms with Crippen molar-refractivity contribution in [3.63, 3.8) is 0 Å². The molecule has 0 unspecified atom stereocenters. The highest BCUT2D eigenvalue weighted by molar-refractivity contribution is 8.26. The van der Waals surface area contributed by atoms with Crippen LogP contribution in [0, 0.1) is 6.92 Å². The summed E-state index contributed by atoms with van der Waals surface area (Å²) in [5.74, 6) is 0.0720. The van der Waals surface area contributed by atoms with Crippen LogP contribution >= 0.6 is 35.6 Å². The van der Waals surface area contributed by atoms with E-state index in [4.69, 9.17) is 33.3 Å². The predicted octanol–water partition coefficient (Wildman–Crippen LogP) is 4.21. The second-order valence-electron chi connectivity index (χ2n) is 6.02. The third-order valence-electron chi connectivity index (χ3n) is 4.10. The summed E-state index contributed by atoms with van der Waals surface area (Å²) < 4.78 is 10.9. The van der Waals surface area contributed by atoms with E-state index >= 15 is 0 Å². The van der Waals surface area contributed by atoms with Crippen LogP contribution in [0.3, 0.4) is 0 Å². The summed E-state index contributed by atoms with van der Waals surface area (Å²) in [6.07, 6.45) is 1.64. The number of methoxy groups -OCH3 is 2. The first kappa shape index (κ1) is 21.2. The van der Waals surface area contributed by atoms with Gasteiger partial charge in [0, 0.05) is 5.56 Å². The molecule has 1 aliphatic heterocycles. The minimum absolute atomic E-state index is 0.208. The van der Waals surface area contributed by atoms with Gasteiger partial charge in [0.1, 0.15) is 0 Å². The average Bonchev–Trinajstić information content (AvgIpc) is 2.95. The van der Waals surface area contributed by atoms with E-state index in [1.165, 1.54) is 14.2 Å². The summed E-state index contributed by atoms with van der Waals surface area (Å²) in [5, 5.41) is 1.33. The highest BCUT2D eigenvalue weighted by atomic mass is 35.5. The third kappa shape index (κ3) is 4.39. The Kier molecular flexibility index (Phi) is 6.46. The lowest BCUT2D eigenvalue weighted by Crippen LogP contribution is -2.44. The third-order valence-corrected chi connectivity index (χ3v) is 5.71. The van der Waals surface area contributed by atoms with E-state index in [1.54, 1.807) is 42.5 Å². The van der Waals surface area contributed by atoms with Gasteiger partial charge in [0.05, 0.1) is 29.7 Å². The van der Waals surface area contributed by atoms with Crippen molar-refractivity contribution in [3.05, 3.63) is 63.0 Å². The van der Waals surface area contributed by atoms with E-state index in [1.807, 2.05) is 6.92 Å². The lowest BCUT2D eigenvalue weighted by Gasteiger charge is -2.16. The van der Waals surface area contributed by atoms with Crippen molar-refractivity contribution in [1.29, 1.82) is 0 Å². The topological polar surface area (TPSA) is 67.9 Å². The smallest absolute Gasteiger partial charge is 0.285 e. The number of hydrogen-bond acceptors (Lipinski definition) is 6. The van der Waals surface area contributed by atoms with Gasteiger partial charge in [-0.1, -0.05) is 41.6 Å². The number of hydrogen-bond donors (Lipinski definition) is 1. The molecule has 2 aromatic rings. The monoisotopic (exact) mass is 448 g/mol. The number of aryl methyl sites for hydroxylation is 1. The summed E-state index contributed by atoms with van der Waals surface area (Å²) in [6, 6.07) is 10.4. The number of amides is 2. The molecule has 1 heterocycles. The number of thioether (sulfide) groups is 1. The van der Waals surface area contributed by atoms with E-state index in [-0.39, 0.29) is 9.88 Å². The molecule has 0 radical (unpaired) electrons. The molecule has 2 aromatic carbocycles. The minimum atomic E-state index is -0.522. The molecule has 9 heteroatoms. The average molecular weight is 449 g/mol. The van der Waals surface area contributed by atoms with Crippen molar-refractivity contribution in [2.75, 3.05) is 14.2 Å². The van der Waals surface area contributed by atoms with Crippen LogP contribution in [0.5, 0.6) is 11.5 Å². The molecule has 1 N–H and O–H groups in total. The minimum Gasteiger partial charge on any atom is -0.493 e. The van der Waals surface area contributed by atoms with Crippen LogP contribution in [0.15, 0.2) is 41.3 Å².